The number of para-hydroxylation sites is 1. The molecule has 2 N–H and O–H groups in total. The number of amides is 1. The molecule has 1 saturated heterocycles. The number of piperidine rings is 1. The number of hydrogen-bond donors (Lipinski definition) is 2. The lowest BCUT2D eigenvalue weighted by atomic mass is 9.98. The zero-order valence-electron chi connectivity index (χ0n) is 19.5. The van der Waals surface area contributed by atoms with Crippen LogP contribution in [0.25, 0.3) is 11.1 Å². The van der Waals surface area contributed by atoms with Crippen molar-refractivity contribution in [1.82, 2.24) is 15.2 Å². The molecule has 1 amide bonds. The number of methoxy groups -OCH3 is 1. The second-order valence-corrected chi connectivity index (χ2v) is 9.53. The van der Waals surface area contributed by atoms with E-state index >= 15 is 0 Å². The molecule has 3 aromatic rings. The van der Waals surface area contributed by atoms with E-state index in [0.717, 1.165) is 47.8 Å². The molecule has 1 aliphatic rings. The smallest absolute Gasteiger partial charge is 0.307 e. The second kappa shape index (κ2) is 11.9. The summed E-state index contributed by atoms with van der Waals surface area (Å²) in [6.45, 7) is 2.07. The maximum Gasteiger partial charge on any atom is 0.307 e. The van der Waals surface area contributed by atoms with E-state index < -0.39 is 0 Å². The third-order valence-corrected chi connectivity index (χ3v) is 7.39. The zero-order chi connectivity index (χ0) is 24.6. The molecule has 0 aliphatic carbocycles. The van der Waals surface area contributed by atoms with Crippen LogP contribution in [0.3, 0.4) is 0 Å². The number of aromatic nitrogens is 1. The minimum absolute atomic E-state index is 0.204. The Morgan fingerprint density at radius 2 is 1.83 bits per heavy atom. The number of carbonyl (C=O) groups excluding carboxylic acids is 2. The van der Waals surface area contributed by atoms with Gasteiger partial charge >= 0.3 is 5.97 Å². The molecule has 0 unspecified atom stereocenters. The van der Waals surface area contributed by atoms with Crippen molar-refractivity contribution in [3.63, 3.8) is 0 Å². The minimum Gasteiger partial charge on any atom is -0.469 e. The monoisotopic (exact) mass is 508 g/mol. The van der Waals surface area contributed by atoms with Crippen LogP contribution in [-0.2, 0) is 9.53 Å². The SMILES string of the molecule is COC(=O)CCNC(=S)N1CCC(c2nc(C(=O)Nc3ccccc3-c3ccccc3)cs2)CC1. The van der Waals surface area contributed by atoms with Gasteiger partial charge in [-0.1, -0.05) is 48.5 Å². The number of ether oxygens (including phenoxy) is 1. The van der Waals surface area contributed by atoms with E-state index in [1.165, 1.54) is 18.4 Å². The quantitative estimate of drug-likeness (QED) is 0.354. The van der Waals surface area contributed by atoms with Crippen LogP contribution in [-0.4, -0.2) is 53.6 Å². The Morgan fingerprint density at radius 3 is 2.57 bits per heavy atom. The number of likely N-dealkylation sites (tertiary alicyclic amines) is 1. The van der Waals surface area contributed by atoms with E-state index in [-0.39, 0.29) is 18.3 Å². The zero-order valence-corrected chi connectivity index (χ0v) is 21.2. The van der Waals surface area contributed by atoms with Crippen molar-refractivity contribution < 1.29 is 14.3 Å². The molecule has 0 atom stereocenters. The number of carbonyl (C=O) groups is 2. The Kier molecular flexibility index (Phi) is 8.44. The van der Waals surface area contributed by atoms with E-state index in [1.54, 1.807) is 0 Å². The van der Waals surface area contributed by atoms with Gasteiger partial charge in [-0.2, -0.15) is 0 Å². The van der Waals surface area contributed by atoms with Crippen molar-refractivity contribution >= 4 is 46.2 Å². The highest BCUT2D eigenvalue weighted by atomic mass is 32.1. The van der Waals surface area contributed by atoms with Crippen molar-refractivity contribution in [2.75, 3.05) is 32.1 Å². The normalized spacial score (nSPS) is 13.8. The number of thiazole rings is 1. The maximum atomic E-state index is 13.0. The first-order chi connectivity index (χ1) is 17.0. The van der Waals surface area contributed by atoms with E-state index in [1.807, 2.05) is 60.0 Å². The van der Waals surface area contributed by atoms with Crippen molar-refractivity contribution in [2.24, 2.45) is 0 Å². The van der Waals surface area contributed by atoms with Crippen molar-refractivity contribution in [3.05, 3.63) is 70.7 Å². The summed E-state index contributed by atoms with van der Waals surface area (Å²) in [4.78, 5) is 31.0. The maximum absolute atomic E-state index is 13.0. The third kappa shape index (κ3) is 6.43. The number of benzene rings is 2. The van der Waals surface area contributed by atoms with Crippen LogP contribution >= 0.6 is 23.6 Å². The average molecular weight is 509 g/mol. The Bertz CT molecular complexity index is 1170. The molecular formula is C26H28N4O3S2. The fourth-order valence-corrected chi connectivity index (χ4v) is 5.30. The number of nitrogens with one attached hydrogen (secondary N) is 2. The lowest BCUT2D eigenvalue weighted by Crippen LogP contribution is -2.44. The highest BCUT2D eigenvalue weighted by molar-refractivity contribution is 7.80. The summed E-state index contributed by atoms with van der Waals surface area (Å²) in [7, 11) is 1.38. The molecule has 2 heterocycles. The van der Waals surface area contributed by atoms with Gasteiger partial charge in [0.25, 0.3) is 5.91 Å². The lowest BCUT2D eigenvalue weighted by Gasteiger charge is -2.33. The van der Waals surface area contributed by atoms with Crippen molar-refractivity contribution in [1.29, 1.82) is 0 Å². The Balaban J connectivity index is 1.32. The summed E-state index contributed by atoms with van der Waals surface area (Å²) in [5.74, 6) is -0.164. The molecular weight excluding hydrogens is 480 g/mol. The summed E-state index contributed by atoms with van der Waals surface area (Å²) >= 11 is 6.99. The molecule has 1 aromatic heterocycles. The standard InChI is InChI=1S/C26H28N4O3S2/c1-33-23(31)11-14-27-26(34)30-15-12-19(13-16-30)25-29-22(17-35-25)24(32)28-21-10-6-5-9-20(21)18-7-3-2-4-8-18/h2-10,17,19H,11-16H2,1H3,(H,27,34)(H,28,32). The molecule has 1 aliphatic heterocycles. The first-order valence-corrected chi connectivity index (χ1v) is 12.8. The summed E-state index contributed by atoms with van der Waals surface area (Å²) in [5, 5.41) is 9.63. The molecule has 1 fully saturated rings. The number of rotatable bonds is 7. The van der Waals surface area contributed by atoms with Gasteiger partial charge in [-0.3, -0.25) is 9.59 Å². The summed E-state index contributed by atoms with van der Waals surface area (Å²) in [5.41, 5.74) is 3.22. The fourth-order valence-electron chi connectivity index (χ4n) is 4.04. The Labute approximate surface area is 214 Å². The highest BCUT2D eigenvalue weighted by Crippen LogP contribution is 2.31. The van der Waals surface area contributed by atoms with Gasteiger partial charge in [-0.05, 0) is 36.7 Å². The van der Waals surface area contributed by atoms with Crippen LogP contribution < -0.4 is 10.6 Å². The van der Waals surface area contributed by atoms with Gasteiger partial charge < -0.3 is 20.3 Å². The van der Waals surface area contributed by atoms with Crippen LogP contribution in [0.1, 0.15) is 40.7 Å². The molecule has 9 heteroatoms. The summed E-state index contributed by atoms with van der Waals surface area (Å²) in [6, 6.07) is 17.8. The van der Waals surface area contributed by atoms with Crippen LogP contribution in [0.4, 0.5) is 5.69 Å². The van der Waals surface area contributed by atoms with E-state index in [9.17, 15) is 9.59 Å². The van der Waals surface area contributed by atoms with E-state index in [2.05, 4.69) is 25.3 Å². The summed E-state index contributed by atoms with van der Waals surface area (Å²) in [6.07, 6.45) is 2.10. The Morgan fingerprint density at radius 1 is 1.11 bits per heavy atom. The first-order valence-electron chi connectivity index (χ1n) is 11.6. The van der Waals surface area contributed by atoms with Crippen molar-refractivity contribution in [2.45, 2.75) is 25.2 Å². The minimum atomic E-state index is -0.258. The molecule has 35 heavy (non-hydrogen) atoms. The first kappa shape index (κ1) is 24.8. The second-order valence-electron chi connectivity index (χ2n) is 8.26. The van der Waals surface area contributed by atoms with Gasteiger partial charge in [0, 0.05) is 42.2 Å². The molecule has 7 nitrogen and oxygen atoms in total. The molecule has 0 bridgehead atoms. The van der Waals surface area contributed by atoms with Gasteiger partial charge in [0.1, 0.15) is 5.69 Å². The largest absolute Gasteiger partial charge is 0.469 e. The molecule has 2 aromatic carbocycles. The number of esters is 1. The number of thiocarbonyl (C=S) groups is 1. The van der Waals surface area contributed by atoms with Crippen LogP contribution in [0.2, 0.25) is 0 Å². The predicted molar refractivity (Wildman–Crippen MR) is 143 cm³/mol. The van der Waals surface area contributed by atoms with Gasteiger partial charge in [-0.15, -0.1) is 11.3 Å². The van der Waals surface area contributed by atoms with Crippen LogP contribution in [0.15, 0.2) is 60.0 Å². The number of anilines is 1. The lowest BCUT2D eigenvalue weighted by molar-refractivity contribution is -0.140. The average Bonchev–Trinajstić information content (AvgIpc) is 3.40. The van der Waals surface area contributed by atoms with Crippen LogP contribution in [0.5, 0.6) is 0 Å². The molecule has 0 radical (unpaired) electrons. The van der Waals surface area contributed by atoms with Crippen molar-refractivity contribution in [3.8, 4) is 11.1 Å². The van der Waals surface area contributed by atoms with Gasteiger partial charge in [0.15, 0.2) is 5.11 Å². The number of nitrogens with zero attached hydrogens (tertiary/aromatic N) is 2. The van der Waals surface area contributed by atoms with Gasteiger partial charge in [0.05, 0.1) is 18.5 Å². The molecule has 4 rings (SSSR count). The summed E-state index contributed by atoms with van der Waals surface area (Å²) < 4.78 is 4.65. The number of hydrogen-bond acceptors (Lipinski definition) is 6. The fraction of sp³-hybridized carbons (Fsp3) is 0.308. The highest BCUT2D eigenvalue weighted by Gasteiger charge is 2.25. The van der Waals surface area contributed by atoms with E-state index in [4.69, 9.17) is 12.2 Å². The topological polar surface area (TPSA) is 83.6 Å². The Hall–Kier alpha value is -3.30. The van der Waals surface area contributed by atoms with Gasteiger partial charge in [-0.25, -0.2) is 4.98 Å². The van der Waals surface area contributed by atoms with Gasteiger partial charge in [0.2, 0.25) is 0 Å². The third-order valence-electron chi connectivity index (χ3n) is 5.98. The van der Waals surface area contributed by atoms with Crippen LogP contribution in [0, 0.1) is 0 Å². The van der Waals surface area contributed by atoms with E-state index in [0.29, 0.717) is 23.3 Å². The predicted octanol–water partition coefficient (Wildman–Crippen LogP) is 4.68. The molecule has 182 valence electrons. The molecule has 0 spiro atoms. The molecule has 0 saturated carbocycles.